The monoisotopic (exact) mass is 1280 g/mol. The molecule has 35 heteroatoms. The SMILES string of the molecule is CC(C)[C@H](N)C(=O)N[C@@H](CC(N)=O)C(=O)N1CCC[C@H]1C(=O)N[C@@H](CCCCN)C(=O)N[C@@H](CC(=O)O)C(=O)N[C@@H](Cc1c[nH]cn1)C(=O)N[C@@H](CC(=O)O)C(=O)N[C@@H](CCCCN)C(=O)N1CCC[C@H]1C(=O)N[C@H](C(=O)N[C@@H](CCC(N)=O)C(=O)O)C(C)C. The molecule has 0 radical (unpaired) electrons. The third-order valence-electron chi connectivity index (χ3n) is 15.0. The van der Waals surface area contributed by atoms with E-state index in [-0.39, 0.29) is 102 Å². The molecule has 2 fully saturated rings. The van der Waals surface area contributed by atoms with E-state index in [0.717, 1.165) is 9.80 Å². The zero-order chi connectivity index (χ0) is 67.5. The number of hydrogen-bond acceptors (Lipinski definition) is 19. The first kappa shape index (κ1) is 75.4. The maximum atomic E-state index is 14.5. The predicted octanol–water partition coefficient (Wildman–Crippen LogP) is -6.12. The highest BCUT2D eigenvalue weighted by Gasteiger charge is 2.43. The molecule has 0 bridgehead atoms. The number of carboxylic acid groups (broad SMARTS) is 3. The molecular weight excluding hydrogens is 1190 g/mol. The lowest BCUT2D eigenvalue weighted by Gasteiger charge is -2.31. The van der Waals surface area contributed by atoms with Gasteiger partial charge in [0.05, 0.1) is 37.3 Å². The fourth-order valence-electron chi connectivity index (χ4n) is 10.0. The normalized spacial score (nSPS) is 17.6. The lowest BCUT2D eigenvalue weighted by atomic mass is 10.0. The van der Waals surface area contributed by atoms with Gasteiger partial charge in [-0.3, -0.25) is 67.1 Å². The van der Waals surface area contributed by atoms with Crippen LogP contribution in [0.15, 0.2) is 12.5 Å². The molecule has 1 aromatic rings. The Morgan fingerprint density at radius 3 is 1.44 bits per heavy atom. The first-order valence-corrected chi connectivity index (χ1v) is 29.8. The minimum atomic E-state index is -1.99. The summed E-state index contributed by atoms with van der Waals surface area (Å²) in [6.07, 6.45) is 0.0240. The number of imidazole rings is 1. The Kier molecular flexibility index (Phi) is 31.2. The van der Waals surface area contributed by atoms with Gasteiger partial charge in [0.15, 0.2) is 0 Å². The number of nitrogens with one attached hydrogen (secondary N) is 9. The van der Waals surface area contributed by atoms with Crippen molar-refractivity contribution < 1.29 is 87.2 Å². The van der Waals surface area contributed by atoms with E-state index >= 15 is 0 Å². The first-order valence-electron chi connectivity index (χ1n) is 29.8. The van der Waals surface area contributed by atoms with Crippen molar-refractivity contribution in [1.82, 2.24) is 62.3 Å². The van der Waals surface area contributed by atoms with Crippen molar-refractivity contribution in [3.05, 3.63) is 18.2 Å². The van der Waals surface area contributed by atoms with Crippen LogP contribution in [-0.4, -0.2) is 217 Å². The molecule has 2 aliphatic rings. The van der Waals surface area contributed by atoms with Crippen LogP contribution in [0.2, 0.25) is 0 Å². The maximum Gasteiger partial charge on any atom is 0.326 e. The van der Waals surface area contributed by atoms with E-state index in [1.54, 1.807) is 27.7 Å². The van der Waals surface area contributed by atoms with Crippen LogP contribution >= 0.6 is 0 Å². The average molecular weight is 1280 g/mol. The number of likely N-dealkylation sites (tertiary alicyclic amines) is 2. The summed E-state index contributed by atoms with van der Waals surface area (Å²) in [5.74, 6) is -17.2. The Morgan fingerprint density at radius 2 is 0.989 bits per heavy atom. The number of aromatic nitrogens is 2. The Hall–Kier alpha value is -8.86. The molecule has 3 rings (SSSR count). The van der Waals surface area contributed by atoms with E-state index in [2.05, 4.69) is 52.5 Å². The van der Waals surface area contributed by atoms with Crippen LogP contribution in [0.1, 0.15) is 130 Å². The summed E-state index contributed by atoms with van der Waals surface area (Å²) >= 11 is 0. The number of aromatic amines is 1. The van der Waals surface area contributed by atoms with Crippen molar-refractivity contribution in [2.75, 3.05) is 26.2 Å². The molecule has 12 amide bonds. The summed E-state index contributed by atoms with van der Waals surface area (Å²) in [6, 6.07) is -16.7. The zero-order valence-corrected chi connectivity index (χ0v) is 51.0. The molecule has 3 heterocycles. The number of primary amides is 2. The molecular formula is C55H89N17O18. The van der Waals surface area contributed by atoms with Crippen LogP contribution in [0.3, 0.4) is 0 Å². The van der Waals surface area contributed by atoms with E-state index in [1.807, 2.05) is 0 Å². The minimum absolute atomic E-state index is 0.00962. The van der Waals surface area contributed by atoms with Gasteiger partial charge in [-0.25, -0.2) is 9.78 Å². The number of carbonyl (C=O) groups is 15. The van der Waals surface area contributed by atoms with Crippen molar-refractivity contribution in [3.8, 4) is 0 Å². The quantitative estimate of drug-likeness (QED) is 0.0272. The third kappa shape index (κ3) is 24.3. The van der Waals surface area contributed by atoms with Crippen molar-refractivity contribution in [2.45, 2.75) is 197 Å². The lowest BCUT2D eigenvalue weighted by Crippen LogP contribution is -2.61. The summed E-state index contributed by atoms with van der Waals surface area (Å²) < 4.78 is 0. The van der Waals surface area contributed by atoms with Gasteiger partial charge in [0, 0.05) is 32.1 Å². The second-order valence-electron chi connectivity index (χ2n) is 22.9. The zero-order valence-electron chi connectivity index (χ0n) is 51.0. The largest absolute Gasteiger partial charge is 0.481 e. The smallest absolute Gasteiger partial charge is 0.326 e. The van der Waals surface area contributed by atoms with Gasteiger partial charge in [-0.1, -0.05) is 27.7 Å². The number of unbranched alkanes of at least 4 members (excludes halogenated alkanes) is 2. The van der Waals surface area contributed by atoms with Crippen molar-refractivity contribution >= 4 is 88.8 Å². The molecule has 0 aromatic carbocycles. The molecule has 0 unspecified atom stereocenters. The highest BCUT2D eigenvalue weighted by atomic mass is 16.4. The molecule has 0 spiro atoms. The van der Waals surface area contributed by atoms with Crippen LogP contribution in [0, 0.1) is 11.8 Å². The number of nitrogens with zero attached hydrogens (tertiary/aromatic N) is 3. The van der Waals surface area contributed by atoms with Crippen LogP contribution < -0.4 is 71.2 Å². The Labute approximate surface area is 518 Å². The van der Waals surface area contributed by atoms with E-state index in [9.17, 15) is 87.2 Å². The van der Waals surface area contributed by atoms with E-state index in [1.165, 1.54) is 12.5 Å². The molecule has 22 N–H and O–H groups in total. The number of carbonyl (C=O) groups excluding carboxylic acids is 12. The van der Waals surface area contributed by atoms with E-state index < -0.39 is 187 Å². The van der Waals surface area contributed by atoms with Gasteiger partial charge in [-0.2, -0.15) is 0 Å². The number of H-pyrrole nitrogens is 1. The number of amides is 12. The summed E-state index contributed by atoms with van der Waals surface area (Å²) in [4.78, 5) is 209. The standard InChI is InChI=1S/C55H89N17O18/c1-27(2)43(60)51(85)69-36(22-40(59)74)54(88)72-20-9-13-37(72)49(83)63-30(11-5-7-17-56)45(79)67-35(24-42(77)78)48(82)66-33(21-29-25-61-26-62-29)46(80)68-34(23-41(75)76)47(81)64-31(12-6-8-18-57)53(87)71-19-10-14-38(71)50(84)70-44(28(3)4)52(86)65-32(55(89)90)15-16-39(58)73/h25-28,30-38,43-44H,5-24,56-57,60H2,1-4H3,(H2,58,73)(H2,59,74)(H,61,62)(H,63,83)(H,64,81)(H,65,86)(H,66,82)(H,67,79)(H,68,80)(H,69,85)(H,70,84)(H,75,76)(H,77,78)(H,89,90)/t30-,31-,32-,33-,34-,35-,36-,37-,38-,43-,44-/m0/s1. The van der Waals surface area contributed by atoms with E-state index in [4.69, 9.17) is 28.7 Å². The summed E-state index contributed by atoms with van der Waals surface area (Å²) in [7, 11) is 0. The number of aliphatic carboxylic acids is 3. The van der Waals surface area contributed by atoms with Gasteiger partial charge >= 0.3 is 17.9 Å². The van der Waals surface area contributed by atoms with Gasteiger partial charge in [-0.05, 0) is 95.6 Å². The summed E-state index contributed by atoms with van der Waals surface area (Å²) in [5, 5.41) is 49.0. The van der Waals surface area contributed by atoms with Gasteiger partial charge in [0.25, 0.3) is 0 Å². The average Bonchev–Trinajstić information content (AvgIpc) is 2.67. The van der Waals surface area contributed by atoms with Crippen molar-refractivity contribution in [2.24, 2.45) is 40.5 Å². The van der Waals surface area contributed by atoms with Crippen LogP contribution in [-0.2, 0) is 78.3 Å². The van der Waals surface area contributed by atoms with Crippen LogP contribution in [0.25, 0.3) is 0 Å². The minimum Gasteiger partial charge on any atom is -0.481 e. The number of carboxylic acids is 3. The van der Waals surface area contributed by atoms with E-state index in [0.29, 0.717) is 12.8 Å². The first-order chi connectivity index (χ1) is 42.4. The molecule has 1 aromatic heterocycles. The highest BCUT2D eigenvalue weighted by molar-refractivity contribution is 6.01. The molecule has 35 nitrogen and oxygen atoms in total. The number of hydrogen-bond donors (Lipinski definition) is 17. The maximum absolute atomic E-state index is 14.5. The molecule has 2 aliphatic heterocycles. The number of nitrogens with two attached hydrogens (primary N) is 5. The highest BCUT2D eigenvalue weighted by Crippen LogP contribution is 2.23. The second kappa shape index (κ2) is 37.2. The molecule has 11 atom stereocenters. The lowest BCUT2D eigenvalue weighted by molar-refractivity contribution is -0.145. The Bertz CT molecular complexity index is 2710. The van der Waals surface area contributed by atoms with Gasteiger partial charge in [0.2, 0.25) is 70.9 Å². The number of rotatable bonds is 40. The van der Waals surface area contributed by atoms with Crippen molar-refractivity contribution in [3.63, 3.8) is 0 Å². The van der Waals surface area contributed by atoms with Crippen LogP contribution in [0.5, 0.6) is 0 Å². The Balaban J connectivity index is 1.90. The van der Waals surface area contributed by atoms with Gasteiger partial charge in [-0.15, -0.1) is 0 Å². The third-order valence-corrected chi connectivity index (χ3v) is 15.0. The van der Waals surface area contributed by atoms with Gasteiger partial charge in [0.1, 0.15) is 60.4 Å². The summed E-state index contributed by atoms with van der Waals surface area (Å²) in [5.41, 5.74) is 28.1. The van der Waals surface area contributed by atoms with Crippen molar-refractivity contribution in [1.29, 1.82) is 0 Å². The predicted molar refractivity (Wildman–Crippen MR) is 315 cm³/mol. The second-order valence-corrected chi connectivity index (χ2v) is 22.9. The molecule has 0 aliphatic carbocycles. The molecule has 502 valence electrons. The fourth-order valence-corrected chi connectivity index (χ4v) is 10.0. The Morgan fingerprint density at radius 1 is 0.533 bits per heavy atom. The topological polar surface area (TPSA) is 578 Å². The molecule has 0 saturated carbocycles. The van der Waals surface area contributed by atoms with Gasteiger partial charge < -0.3 is 101 Å². The van der Waals surface area contributed by atoms with Crippen LogP contribution in [0.4, 0.5) is 0 Å². The molecule has 2 saturated heterocycles. The summed E-state index contributed by atoms with van der Waals surface area (Å²) in [6.45, 7) is 6.73. The molecule has 90 heavy (non-hydrogen) atoms. The fraction of sp³-hybridized carbons (Fsp3) is 0.673.